The predicted molar refractivity (Wildman–Crippen MR) is 75.1 cm³/mol. The van der Waals surface area contributed by atoms with Crippen LogP contribution in [0.2, 0.25) is 5.15 Å². The van der Waals surface area contributed by atoms with E-state index in [0.29, 0.717) is 16.6 Å². The van der Waals surface area contributed by atoms with Crippen molar-refractivity contribution in [1.82, 2.24) is 14.8 Å². The molecule has 0 bridgehead atoms. The zero-order chi connectivity index (χ0) is 14.3. The van der Waals surface area contributed by atoms with Crippen molar-refractivity contribution >= 4 is 22.5 Å². The van der Waals surface area contributed by atoms with Crippen LogP contribution in [-0.4, -0.2) is 21.9 Å². The Hall–Kier alpha value is -2.14. The molecule has 20 heavy (non-hydrogen) atoms. The Labute approximate surface area is 119 Å². The van der Waals surface area contributed by atoms with Gasteiger partial charge >= 0.3 is 0 Å². The third-order valence-corrected chi connectivity index (χ3v) is 3.29. The number of halogens is 2. The van der Waals surface area contributed by atoms with Crippen LogP contribution in [0.15, 0.2) is 30.5 Å². The van der Waals surface area contributed by atoms with Gasteiger partial charge in [0.2, 0.25) is 0 Å². The van der Waals surface area contributed by atoms with Gasteiger partial charge in [-0.25, -0.2) is 14.1 Å². The summed E-state index contributed by atoms with van der Waals surface area (Å²) in [7, 11) is 1.53. The number of ether oxygens (including phenoxy) is 1. The summed E-state index contributed by atoms with van der Waals surface area (Å²) in [6.45, 7) is 1.86. The number of benzene rings is 1. The second-order valence-electron chi connectivity index (χ2n) is 4.34. The van der Waals surface area contributed by atoms with Crippen LogP contribution in [0.4, 0.5) is 4.39 Å². The lowest BCUT2D eigenvalue weighted by atomic mass is 10.2. The zero-order valence-corrected chi connectivity index (χ0v) is 11.6. The van der Waals surface area contributed by atoms with E-state index in [-0.39, 0.29) is 5.82 Å². The molecule has 3 rings (SSSR count). The van der Waals surface area contributed by atoms with Crippen LogP contribution in [0.25, 0.3) is 16.6 Å². The molecule has 0 amide bonds. The summed E-state index contributed by atoms with van der Waals surface area (Å²) in [4.78, 5) is 4.04. The Morgan fingerprint density at radius 3 is 2.85 bits per heavy atom. The molecule has 0 atom stereocenters. The minimum atomic E-state index is -0.359. The van der Waals surface area contributed by atoms with Crippen LogP contribution in [0.1, 0.15) is 5.69 Å². The molecule has 0 saturated carbocycles. The number of fused-ring (bicyclic) bond motifs is 1. The van der Waals surface area contributed by atoms with Crippen molar-refractivity contribution < 1.29 is 9.13 Å². The number of rotatable bonds is 2. The van der Waals surface area contributed by atoms with Gasteiger partial charge in [0.15, 0.2) is 0 Å². The molecule has 3 aromatic rings. The SMILES string of the molecule is COc1ccc(F)cc1-n1nc(C)c2cnc(Cl)cc21. The van der Waals surface area contributed by atoms with Gasteiger partial charge in [0, 0.05) is 23.7 Å². The molecule has 102 valence electrons. The smallest absolute Gasteiger partial charge is 0.144 e. The van der Waals surface area contributed by atoms with Gasteiger partial charge in [-0.3, -0.25) is 0 Å². The normalized spacial score (nSPS) is 11.0. The number of aromatic nitrogens is 3. The molecule has 4 nitrogen and oxygen atoms in total. The van der Waals surface area contributed by atoms with E-state index in [1.807, 2.05) is 6.92 Å². The Morgan fingerprint density at radius 1 is 1.30 bits per heavy atom. The highest BCUT2D eigenvalue weighted by molar-refractivity contribution is 6.30. The maximum atomic E-state index is 13.5. The number of pyridine rings is 1. The molecule has 0 aliphatic carbocycles. The zero-order valence-electron chi connectivity index (χ0n) is 10.9. The Morgan fingerprint density at radius 2 is 2.10 bits per heavy atom. The summed E-state index contributed by atoms with van der Waals surface area (Å²) in [5.74, 6) is 0.172. The van der Waals surface area contributed by atoms with Crippen molar-refractivity contribution in [2.75, 3.05) is 7.11 Å². The van der Waals surface area contributed by atoms with E-state index in [4.69, 9.17) is 16.3 Å². The molecule has 0 N–H and O–H groups in total. The van der Waals surface area contributed by atoms with Crippen LogP contribution < -0.4 is 4.74 Å². The van der Waals surface area contributed by atoms with Gasteiger partial charge in [-0.05, 0) is 19.1 Å². The molecule has 0 aliphatic rings. The second kappa shape index (κ2) is 4.76. The van der Waals surface area contributed by atoms with Crippen molar-refractivity contribution in [3.63, 3.8) is 0 Å². The Bertz CT molecular complexity index is 800. The fraction of sp³-hybridized carbons (Fsp3) is 0.143. The van der Waals surface area contributed by atoms with Gasteiger partial charge in [0.05, 0.1) is 18.3 Å². The van der Waals surface area contributed by atoms with E-state index >= 15 is 0 Å². The van der Waals surface area contributed by atoms with E-state index in [1.165, 1.54) is 19.2 Å². The summed E-state index contributed by atoms with van der Waals surface area (Å²) in [5.41, 5.74) is 2.06. The lowest BCUT2D eigenvalue weighted by Crippen LogP contribution is -2.01. The summed E-state index contributed by atoms with van der Waals surface area (Å²) in [5, 5.41) is 5.64. The molecule has 0 radical (unpaired) electrons. The van der Waals surface area contributed by atoms with Crippen LogP contribution in [0, 0.1) is 12.7 Å². The monoisotopic (exact) mass is 291 g/mol. The van der Waals surface area contributed by atoms with Crippen LogP contribution in [0.5, 0.6) is 5.75 Å². The molecule has 0 fully saturated rings. The van der Waals surface area contributed by atoms with E-state index in [2.05, 4.69) is 10.1 Å². The summed E-state index contributed by atoms with van der Waals surface area (Å²) in [6.07, 6.45) is 1.66. The van der Waals surface area contributed by atoms with Gasteiger partial charge in [0.25, 0.3) is 0 Å². The quantitative estimate of drug-likeness (QED) is 0.678. The summed E-state index contributed by atoms with van der Waals surface area (Å²) in [6, 6.07) is 5.98. The van der Waals surface area contributed by atoms with E-state index in [0.717, 1.165) is 16.6 Å². The average Bonchev–Trinajstić information content (AvgIpc) is 2.75. The minimum absolute atomic E-state index is 0.356. The van der Waals surface area contributed by atoms with Crippen molar-refractivity contribution in [3.8, 4) is 11.4 Å². The van der Waals surface area contributed by atoms with Crippen molar-refractivity contribution in [2.24, 2.45) is 0 Å². The molecular formula is C14H11ClFN3O. The number of nitrogens with zero attached hydrogens (tertiary/aromatic N) is 3. The fourth-order valence-electron chi connectivity index (χ4n) is 2.14. The van der Waals surface area contributed by atoms with Gasteiger partial charge < -0.3 is 4.74 Å². The van der Waals surface area contributed by atoms with Gasteiger partial charge in [0.1, 0.15) is 22.4 Å². The number of aryl methyl sites for hydroxylation is 1. The third kappa shape index (κ3) is 2.00. The molecule has 0 saturated heterocycles. The number of hydrogen-bond donors (Lipinski definition) is 0. The highest BCUT2D eigenvalue weighted by Crippen LogP contribution is 2.29. The lowest BCUT2D eigenvalue weighted by Gasteiger charge is -2.09. The predicted octanol–water partition coefficient (Wildman–Crippen LogP) is 3.53. The topological polar surface area (TPSA) is 39.9 Å². The molecule has 0 spiro atoms. The molecule has 0 unspecified atom stereocenters. The number of hydrogen-bond acceptors (Lipinski definition) is 3. The third-order valence-electron chi connectivity index (χ3n) is 3.09. The summed E-state index contributed by atoms with van der Waals surface area (Å²) < 4.78 is 20.4. The van der Waals surface area contributed by atoms with E-state index < -0.39 is 0 Å². The number of methoxy groups -OCH3 is 1. The Balaban J connectivity index is 2.35. The molecule has 0 aliphatic heterocycles. The first-order valence-corrected chi connectivity index (χ1v) is 6.32. The average molecular weight is 292 g/mol. The van der Waals surface area contributed by atoms with Crippen LogP contribution >= 0.6 is 11.6 Å². The molecular weight excluding hydrogens is 281 g/mol. The van der Waals surface area contributed by atoms with Crippen molar-refractivity contribution in [2.45, 2.75) is 6.92 Å². The highest BCUT2D eigenvalue weighted by Gasteiger charge is 2.14. The Kier molecular flexibility index (Phi) is 3.06. The maximum Gasteiger partial charge on any atom is 0.144 e. The standard InChI is InChI=1S/C14H11ClFN3O/c1-8-10-7-17-14(15)6-11(10)19(18-8)12-5-9(16)3-4-13(12)20-2/h3-7H,1-2H3. The first-order chi connectivity index (χ1) is 9.60. The van der Waals surface area contributed by atoms with E-state index in [9.17, 15) is 4.39 Å². The van der Waals surface area contributed by atoms with Gasteiger partial charge in [-0.2, -0.15) is 5.10 Å². The first kappa shape index (κ1) is 12.9. The van der Waals surface area contributed by atoms with Crippen LogP contribution in [0.3, 0.4) is 0 Å². The highest BCUT2D eigenvalue weighted by atomic mass is 35.5. The minimum Gasteiger partial charge on any atom is -0.494 e. The van der Waals surface area contributed by atoms with Crippen molar-refractivity contribution in [1.29, 1.82) is 0 Å². The molecule has 2 heterocycles. The van der Waals surface area contributed by atoms with E-state index in [1.54, 1.807) is 23.0 Å². The maximum absolute atomic E-state index is 13.5. The van der Waals surface area contributed by atoms with Gasteiger partial charge in [-0.15, -0.1) is 0 Å². The second-order valence-corrected chi connectivity index (χ2v) is 4.72. The molecule has 2 aromatic heterocycles. The summed E-state index contributed by atoms with van der Waals surface area (Å²) >= 11 is 5.93. The largest absolute Gasteiger partial charge is 0.494 e. The van der Waals surface area contributed by atoms with Crippen LogP contribution in [-0.2, 0) is 0 Å². The first-order valence-electron chi connectivity index (χ1n) is 5.95. The van der Waals surface area contributed by atoms with Crippen molar-refractivity contribution in [3.05, 3.63) is 47.1 Å². The van der Waals surface area contributed by atoms with Gasteiger partial charge in [-0.1, -0.05) is 11.6 Å². The fourth-order valence-corrected chi connectivity index (χ4v) is 2.30. The molecule has 6 heteroatoms. The lowest BCUT2D eigenvalue weighted by molar-refractivity contribution is 0.411. The molecule has 1 aromatic carbocycles.